The van der Waals surface area contributed by atoms with Crippen molar-refractivity contribution >= 4 is 34.7 Å². The fraction of sp³-hybridized carbons (Fsp3) is 0.188. The van der Waals surface area contributed by atoms with Crippen LogP contribution in [-0.4, -0.2) is 22.4 Å². The summed E-state index contributed by atoms with van der Waals surface area (Å²) in [4.78, 5) is 13.1. The molecule has 2 aromatic heterocycles. The van der Waals surface area contributed by atoms with E-state index >= 15 is 0 Å². The molecule has 0 aliphatic rings. The summed E-state index contributed by atoms with van der Waals surface area (Å²) < 4.78 is 5.57. The maximum Gasteiger partial charge on any atom is 0.248 e. The molecule has 0 saturated heterocycles. The third-order valence-corrected chi connectivity index (χ3v) is 4.56. The molecule has 5 nitrogen and oxygen atoms in total. The predicted molar refractivity (Wildman–Crippen MR) is 92.8 cm³/mol. The summed E-state index contributed by atoms with van der Waals surface area (Å²) in [5, 5.41) is 14.8. The fourth-order valence-electron chi connectivity index (χ4n) is 2.00. The number of thioether (sulfide) groups is 1. The number of aromatic nitrogens is 2. The van der Waals surface area contributed by atoms with E-state index in [1.165, 1.54) is 0 Å². The molecule has 0 aliphatic carbocycles. The lowest BCUT2D eigenvalue weighted by Crippen LogP contribution is -2.12. The highest BCUT2D eigenvalue weighted by Crippen LogP contribution is 2.21. The third-order valence-electron chi connectivity index (χ3n) is 3.15. The van der Waals surface area contributed by atoms with Crippen molar-refractivity contribution in [3.8, 4) is 11.5 Å². The van der Waals surface area contributed by atoms with Crippen molar-refractivity contribution in [1.82, 2.24) is 10.2 Å². The maximum atomic E-state index is 12.0. The number of benzene rings is 1. The van der Waals surface area contributed by atoms with Crippen LogP contribution in [0.5, 0.6) is 0 Å². The van der Waals surface area contributed by atoms with Crippen molar-refractivity contribution in [2.45, 2.75) is 17.7 Å². The van der Waals surface area contributed by atoms with Gasteiger partial charge in [-0.3, -0.25) is 4.79 Å². The summed E-state index contributed by atoms with van der Waals surface area (Å²) >= 11 is 3.21. The van der Waals surface area contributed by atoms with Gasteiger partial charge in [0.05, 0.1) is 0 Å². The van der Waals surface area contributed by atoms with E-state index in [4.69, 9.17) is 4.42 Å². The molecule has 0 spiro atoms. The fourth-order valence-corrected chi connectivity index (χ4v) is 3.09. The zero-order chi connectivity index (χ0) is 16.1. The molecule has 0 unspecified atom stereocenters. The van der Waals surface area contributed by atoms with Gasteiger partial charge in [-0.1, -0.05) is 6.07 Å². The first-order valence-corrected chi connectivity index (χ1v) is 9.20. The summed E-state index contributed by atoms with van der Waals surface area (Å²) in [5.74, 6) is 0.895. The topological polar surface area (TPSA) is 68.0 Å². The average Bonchev–Trinajstić information content (AvgIpc) is 3.24. The Labute approximate surface area is 142 Å². The van der Waals surface area contributed by atoms with Crippen LogP contribution in [0.25, 0.3) is 11.5 Å². The Morgan fingerprint density at radius 1 is 1.35 bits per heavy atom. The van der Waals surface area contributed by atoms with Gasteiger partial charge in [0, 0.05) is 34.4 Å². The molecule has 0 fully saturated rings. The van der Waals surface area contributed by atoms with Crippen molar-refractivity contribution in [3.05, 3.63) is 47.0 Å². The number of nitrogens with one attached hydrogen (secondary N) is 1. The van der Waals surface area contributed by atoms with Crippen LogP contribution in [-0.2, 0) is 11.2 Å². The van der Waals surface area contributed by atoms with Gasteiger partial charge in [0.25, 0.3) is 0 Å². The SMILES string of the molecule is CSc1cccc(NC(=O)CCc2nnc(-c3ccsc3)o2)c1. The Morgan fingerprint density at radius 2 is 2.26 bits per heavy atom. The smallest absolute Gasteiger partial charge is 0.248 e. The number of hydrogen-bond donors (Lipinski definition) is 1. The van der Waals surface area contributed by atoms with Crippen LogP contribution in [0, 0.1) is 0 Å². The molecule has 0 saturated carbocycles. The van der Waals surface area contributed by atoms with Gasteiger partial charge in [0.1, 0.15) is 0 Å². The highest BCUT2D eigenvalue weighted by Gasteiger charge is 2.11. The number of thiophene rings is 1. The van der Waals surface area contributed by atoms with Crippen LogP contribution in [0.3, 0.4) is 0 Å². The van der Waals surface area contributed by atoms with Gasteiger partial charge in [-0.15, -0.1) is 22.0 Å². The van der Waals surface area contributed by atoms with Gasteiger partial charge >= 0.3 is 0 Å². The van der Waals surface area contributed by atoms with Crippen molar-refractivity contribution in [1.29, 1.82) is 0 Å². The van der Waals surface area contributed by atoms with E-state index in [-0.39, 0.29) is 5.91 Å². The normalized spacial score (nSPS) is 10.7. The largest absolute Gasteiger partial charge is 0.421 e. The van der Waals surface area contributed by atoms with Gasteiger partial charge < -0.3 is 9.73 Å². The van der Waals surface area contributed by atoms with Gasteiger partial charge in [-0.2, -0.15) is 11.3 Å². The summed E-state index contributed by atoms with van der Waals surface area (Å²) in [5.41, 5.74) is 1.71. The zero-order valence-corrected chi connectivity index (χ0v) is 14.1. The predicted octanol–water partition coefficient (Wildman–Crippen LogP) is 4.09. The van der Waals surface area contributed by atoms with E-state index in [9.17, 15) is 4.79 Å². The van der Waals surface area contributed by atoms with E-state index in [2.05, 4.69) is 15.5 Å². The number of anilines is 1. The van der Waals surface area contributed by atoms with Gasteiger partial charge in [0.15, 0.2) is 0 Å². The molecule has 0 bridgehead atoms. The van der Waals surface area contributed by atoms with E-state index in [1.807, 2.05) is 47.3 Å². The second-order valence-electron chi connectivity index (χ2n) is 4.79. The summed E-state index contributed by atoms with van der Waals surface area (Å²) in [7, 11) is 0. The highest BCUT2D eigenvalue weighted by molar-refractivity contribution is 7.98. The lowest BCUT2D eigenvalue weighted by atomic mass is 10.2. The van der Waals surface area contributed by atoms with Crippen LogP contribution < -0.4 is 5.32 Å². The lowest BCUT2D eigenvalue weighted by Gasteiger charge is -2.05. The first-order valence-electron chi connectivity index (χ1n) is 7.03. The summed E-state index contributed by atoms with van der Waals surface area (Å²) in [6.45, 7) is 0. The van der Waals surface area contributed by atoms with Crippen LogP contribution in [0.1, 0.15) is 12.3 Å². The number of hydrogen-bond acceptors (Lipinski definition) is 6. The van der Waals surface area contributed by atoms with Crippen molar-refractivity contribution in [2.75, 3.05) is 11.6 Å². The van der Waals surface area contributed by atoms with E-state index < -0.39 is 0 Å². The number of carbonyl (C=O) groups excluding carboxylic acids is 1. The second kappa shape index (κ2) is 7.43. The summed E-state index contributed by atoms with van der Waals surface area (Å²) in [6.07, 6.45) is 2.72. The lowest BCUT2D eigenvalue weighted by molar-refractivity contribution is -0.116. The molecule has 23 heavy (non-hydrogen) atoms. The van der Waals surface area contributed by atoms with E-state index in [0.29, 0.717) is 24.6 Å². The first-order chi connectivity index (χ1) is 11.2. The molecule has 118 valence electrons. The second-order valence-corrected chi connectivity index (χ2v) is 6.45. The van der Waals surface area contributed by atoms with Crippen LogP contribution >= 0.6 is 23.1 Å². The Morgan fingerprint density at radius 3 is 3.04 bits per heavy atom. The maximum absolute atomic E-state index is 12.0. The van der Waals surface area contributed by atoms with E-state index in [1.54, 1.807) is 23.1 Å². The number of amides is 1. The molecular formula is C16H15N3O2S2. The van der Waals surface area contributed by atoms with Crippen LogP contribution in [0.15, 0.2) is 50.4 Å². The van der Waals surface area contributed by atoms with Crippen LogP contribution in [0.4, 0.5) is 5.69 Å². The Bertz CT molecular complexity index is 784. The summed E-state index contributed by atoms with van der Waals surface area (Å²) in [6, 6.07) is 9.67. The highest BCUT2D eigenvalue weighted by atomic mass is 32.2. The average molecular weight is 345 g/mol. The van der Waals surface area contributed by atoms with Crippen LogP contribution in [0.2, 0.25) is 0 Å². The number of rotatable bonds is 6. The molecule has 7 heteroatoms. The molecule has 0 radical (unpaired) electrons. The molecule has 1 N–H and O–H groups in total. The third kappa shape index (κ3) is 4.20. The number of carbonyl (C=O) groups is 1. The number of aryl methyl sites for hydroxylation is 1. The number of nitrogens with zero attached hydrogens (tertiary/aromatic N) is 2. The van der Waals surface area contributed by atoms with Gasteiger partial charge in [-0.25, -0.2) is 0 Å². The minimum absolute atomic E-state index is 0.0708. The Hall–Kier alpha value is -2.12. The van der Waals surface area contributed by atoms with Gasteiger partial charge in [0.2, 0.25) is 17.7 Å². The minimum atomic E-state index is -0.0708. The molecule has 3 aromatic rings. The Balaban J connectivity index is 1.54. The standard InChI is InChI=1S/C16H15N3O2S2/c1-22-13-4-2-3-12(9-13)17-14(20)5-6-15-18-19-16(21-15)11-7-8-23-10-11/h2-4,7-10H,5-6H2,1H3,(H,17,20). The van der Waals surface area contributed by atoms with Crippen molar-refractivity contribution in [3.63, 3.8) is 0 Å². The molecule has 3 rings (SSSR count). The molecule has 1 aromatic carbocycles. The first kappa shape index (κ1) is 15.8. The molecule has 1 amide bonds. The zero-order valence-electron chi connectivity index (χ0n) is 12.5. The molecule has 0 atom stereocenters. The van der Waals surface area contributed by atoms with E-state index in [0.717, 1.165) is 16.1 Å². The molecule has 2 heterocycles. The molecular weight excluding hydrogens is 330 g/mol. The Kier molecular flexibility index (Phi) is 5.09. The monoisotopic (exact) mass is 345 g/mol. The quantitative estimate of drug-likeness (QED) is 0.682. The minimum Gasteiger partial charge on any atom is -0.421 e. The van der Waals surface area contributed by atoms with Crippen molar-refractivity contribution < 1.29 is 9.21 Å². The van der Waals surface area contributed by atoms with Gasteiger partial charge in [-0.05, 0) is 35.9 Å². The van der Waals surface area contributed by atoms with Crippen molar-refractivity contribution in [2.24, 2.45) is 0 Å². The molecule has 0 aliphatic heterocycles.